The molecule has 0 saturated carbocycles. The first-order valence-electron chi connectivity index (χ1n) is 0.401. The molecule has 0 atom stereocenters. The van der Waals surface area contributed by atoms with Crippen LogP contribution in [-0.4, -0.2) is 5.48 Å². The van der Waals surface area contributed by atoms with E-state index in [0.29, 0.717) is 0 Å². The van der Waals surface area contributed by atoms with Crippen LogP contribution >= 0.6 is 40.9 Å². The molecule has 0 bridgehead atoms. The van der Waals surface area contributed by atoms with Crippen LogP contribution in [0.3, 0.4) is 0 Å². The van der Waals surface area contributed by atoms with Gasteiger partial charge >= 0.3 is 50.9 Å². The van der Waals surface area contributed by atoms with Crippen molar-refractivity contribution >= 4 is 40.9 Å². The molecular weight excluding hydrogens is 357 g/mol. The molecule has 0 rings (SSSR count). The molecular formula is H2Br3ORu. The van der Waals surface area contributed by atoms with Crippen molar-refractivity contribution in [1.29, 1.82) is 0 Å². The number of rotatable bonds is 0. The number of halogens is 3. The summed E-state index contributed by atoms with van der Waals surface area (Å²) in [5, 5.41) is 0. The van der Waals surface area contributed by atoms with Crippen LogP contribution in [0, 0.1) is 0 Å². The Morgan fingerprint density at radius 3 is 1.00 bits per heavy atom. The average Bonchev–Trinajstić information content (AvgIpc) is 0.811. The van der Waals surface area contributed by atoms with E-state index in [1.54, 1.807) is 0 Å². The Kier molecular flexibility index (Phi) is 12.2. The van der Waals surface area contributed by atoms with E-state index in [4.69, 9.17) is 0 Å². The van der Waals surface area contributed by atoms with Gasteiger partial charge in [0, 0.05) is 0 Å². The predicted molar refractivity (Wildman–Crippen MR) is 30.4 cm³/mol. The fourth-order valence-corrected chi connectivity index (χ4v) is 0. The summed E-state index contributed by atoms with van der Waals surface area (Å²) in [7, 11) is -0.732. The molecule has 5 heavy (non-hydrogen) atoms. The normalized spacial score (nSPS) is 9.00. The van der Waals surface area contributed by atoms with Gasteiger partial charge in [-0.3, -0.25) is 0 Å². The minimum absolute atomic E-state index is 0. The molecule has 0 aliphatic rings. The van der Waals surface area contributed by atoms with Gasteiger partial charge in [-0.1, -0.05) is 0 Å². The van der Waals surface area contributed by atoms with Gasteiger partial charge in [0.25, 0.3) is 0 Å². The summed E-state index contributed by atoms with van der Waals surface area (Å²) in [6.07, 6.45) is 0. The van der Waals surface area contributed by atoms with E-state index < -0.39 is 10.1 Å². The van der Waals surface area contributed by atoms with Gasteiger partial charge < -0.3 is 5.48 Å². The average molecular weight is 359 g/mol. The first kappa shape index (κ1) is 10.1. The molecule has 5 heteroatoms. The van der Waals surface area contributed by atoms with Crippen molar-refractivity contribution in [2.75, 3.05) is 0 Å². The molecule has 0 aromatic heterocycles. The zero-order chi connectivity index (χ0) is 3.58. The van der Waals surface area contributed by atoms with Gasteiger partial charge in [0.05, 0.1) is 0 Å². The van der Waals surface area contributed by atoms with Gasteiger partial charge in [0.15, 0.2) is 0 Å². The van der Waals surface area contributed by atoms with Crippen molar-refractivity contribution in [3.05, 3.63) is 0 Å². The monoisotopic (exact) mass is 357 g/mol. The fraction of sp³-hybridized carbons (Fsp3) is 0. The molecule has 0 amide bonds. The molecule has 0 heterocycles. The molecule has 0 saturated heterocycles. The van der Waals surface area contributed by atoms with Crippen LogP contribution in [0.15, 0.2) is 0 Å². The molecule has 1 nitrogen and oxygen atoms in total. The Morgan fingerprint density at radius 1 is 1.00 bits per heavy atom. The van der Waals surface area contributed by atoms with E-state index in [1.165, 1.54) is 0 Å². The van der Waals surface area contributed by atoms with Gasteiger partial charge in [0.1, 0.15) is 0 Å². The molecule has 0 unspecified atom stereocenters. The van der Waals surface area contributed by atoms with E-state index in [-0.39, 0.29) is 5.48 Å². The van der Waals surface area contributed by atoms with Crippen LogP contribution < -0.4 is 0 Å². The topological polar surface area (TPSA) is 31.5 Å². The molecule has 2 N–H and O–H groups in total. The van der Waals surface area contributed by atoms with Gasteiger partial charge in [-0.2, -0.15) is 0 Å². The molecule has 0 aromatic rings. The van der Waals surface area contributed by atoms with Crippen molar-refractivity contribution in [1.82, 2.24) is 0 Å². The Labute approximate surface area is 55.8 Å². The van der Waals surface area contributed by atoms with Crippen LogP contribution in [0.4, 0.5) is 0 Å². The zero-order valence-electron chi connectivity index (χ0n) is 1.99. The van der Waals surface area contributed by atoms with Crippen molar-refractivity contribution in [3.8, 4) is 0 Å². The second-order valence-electron chi connectivity index (χ2n) is 0.152. The van der Waals surface area contributed by atoms with E-state index in [0.717, 1.165) is 0 Å². The Hall–Kier alpha value is 2.02. The molecule has 0 fully saturated rings. The maximum absolute atomic E-state index is 3.25. The maximum atomic E-state index is 3.25. The zero-order valence-corrected chi connectivity index (χ0v) is 8.48. The van der Waals surface area contributed by atoms with Gasteiger partial charge in [-0.25, -0.2) is 0 Å². The van der Waals surface area contributed by atoms with Crippen LogP contribution in [-0.2, 0) is 10.1 Å². The first-order chi connectivity index (χ1) is 1.73. The Bertz CT molecular complexity index is 11.6. The SMILES string of the molecule is O.[Br][Ru]([Br])[Br]. The van der Waals surface area contributed by atoms with Gasteiger partial charge in [0.2, 0.25) is 0 Å². The first-order valence-corrected chi connectivity index (χ1v) is 12.3. The predicted octanol–water partition coefficient (Wildman–Crippen LogP) is 1.71. The quantitative estimate of drug-likeness (QED) is 0.590. The Morgan fingerprint density at radius 2 is 1.00 bits per heavy atom. The summed E-state index contributed by atoms with van der Waals surface area (Å²) in [5.41, 5.74) is 0. The number of hydrogen-bond acceptors (Lipinski definition) is 0. The third-order valence-electron chi connectivity index (χ3n) is 0. The molecule has 0 spiro atoms. The summed E-state index contributed by atoms with van der Waals surface area (Å²) in [5.74, 6) is 0. The van der Waals surface area contributed by atoms with Crippen molar-refractivity contribution in [3.63, 3.8) is 0 Å². The summed E-state index contributed by atoms with van der Waals surface area (Å²) in [4.78, 5) is 0. The fourth-order valence-electron chi connectivity index (χ4n) is 0. The molecule has 0 aromatic carbocycles. The minimum atomic E-state index is -0.732. The summed E-state index contributed by atoms with van der Waals surface area (Å²) >= 11 is 9.74. The van der Waals surface area contributed by atoms with Crippen molar-refractivity contribution in [2.24, 2.45) is 0 Å². The van der Waals surface area contributed by atoms with Crippen LogP contribution in [0.1, 0.15) is 0 Å². The molecule has 0 aliphatic carbocycles. The third-order valence-corrected chi connectivity index (χ3v) is 0. The van der Waals surface area contributed by atoms with Crippen LogP contribution in [0.2, 0.25) is 0 Å². The standard InChI is InChI=1S/3BrH.H2O.Ru/h3*1H;1H2;/q;;;;+3/p-3. The van der Waals surface area contributed by atoms with E-state index in [9.17, 15) is 0 Å². The number of hydrogen-bond donors (Lipinski definition) is 0. The van der Waals surface area contributed by atoms with E-state index >= 15 is 0 Å². The van der Waals surface area contributed by atoms with Gasteiger partial charge in [-0.15, -0.1) is 0 Å². The second kappa shape index (κ2) is 6.02. The molecule has 0 aliphatic heterocycles. The summed E-state index contributed by atoms with van der Waals surface area (Å²) in [6, 6.07) is 0. The van der Waals surface area contributed by atoms with Crippen LogP contribution in [0.25, 0.3) is 0 Å². The second-order valence-corrected chi connectivity index (χ2v) is 24.2. The van der Waals surface area contributed by atoms with E-state index in [1.807, 2.05) is 0 Å². The van der Waals surface area contributed by atoms with Crippen LogP contribution in [0.5, 0.6) is 0 Å². The Balaban J connectivity index is 0. The summed E-state index contributed by atoms with van der Waals surface area (Å²) < 4.78 is 0. The van der Waals surface area contributed by atoms with Gasteiger partial charge in [-0.05, 0) is 0 Å². The van der Waals surface area contributed by atoms with E-state index in [2.05, 4.69) is 40.9 Å². The van der Waals surface area contributed by atoms with Crippen molar-refractivity contribution < 1.29 is 15.5 Å². The molecule has 37 valence electrons. The van der Waals surface area contributed by atoms with Crippen molar-refractivity contribution in [2.45, 2.75) is 0 Å². The molecule has 0 radical (unpaired) electrons. The third kappa shape index (κ3) is 23.8. The summed E-state index contributed by atoms with van der Waals surface area (Å²) in [6.45, 7) is 0.